The third-order valence-corrected chi connectivity index (χ3v) is 3.89. The van der Waals surface area contributed by atoms with Gasteiger partial charge in [0.1, 0.15) is 12.4 Å². The summed E-state index contributed by atoms with van der Waals surface area (Å²) in [6, 6.07) is 8.95. The number of aromatic nitrogens is 2. The van der Waals surface area contributed by atoms with Gasteiger partial charge in [-0.2, -0.15) is 0 Å². The molecule has 0 fully saturated rings. The van der Waals surface area contributed by atoms with Crippen LogP contribution in [0, 0.1) is 5.82 Å². The second-order valence-electron chi connectivity index (χ2n) is 5.48. The fourth-order valence-electron chi connectivity index (χ4n) is 2.41. The molecule has 0 aliphatic carbocycles. The number of H-pyrrole nitrogens is 1. The highest BCUT2D eigenvalue weighted by molar-refractivity contribution is 6.31. The van der Waals surface area contributed by atoms with Crippen molar-refractivity contribution in [2.75, 3.05) is 7.11 Å². The minimum absolute atomic E-state index is 0.0974. The average Bonchev–Trinajstić information content (AvgIpc) is 2.61. The Morgan fingerprint density at radius 3 is 2.81 bits per heavy atom. The van der Waals surface area contributed by atoms with Crippen LogP contribution in [-0.4, -0.2) is 23.0 Å². The third kappa shape index (κ3) is 4.00. The number of hydrogen-bond donors (Lipinski definition) is 1. The predicted molar refractivity (Wildman–Crippen MR) is 93.8 cm³/mol. The summed E-state index contributed by atoms with van der Waals surface area (Å²) in [5, 5.41) is 0.775. The van der Waals surface area contributed by atoms with Crippen molar-refractivity contribution in [2.45, 2.75) is 13.0 Å². The molecule has 0 radical (unpaired) electrons. The third-order valence-electron chi connectivity index (χ3n) is 3.65. The van der Waals surface area contributed by atoms with E-state index in [0.717, 1.165) is 0 Å². The standard InChI is InChI=1S/C18H14ClFN2O4/c1-25-15-5-2-10(6-13(15)20)7-17(23)26-9-16-21-14-4-3-11(19)8-12(14)18(24)22-16/h2-6,8H,7,9H2,1H3,(H,21,22,24). The molecule has 0 saturated heterocycles. The van der Waals surface area contributed by atoms with Gasteiger partial charge in [-0.1, -0.05) is 17.7 Å². The molecule has 1 heterocycles. The maximum absolute atomic E-state index is 13.6. The minimum atomic E-state index is -0.576. The Morgan fingerprint density at radius 2 is 2.08 bits per heavy atom. The number of carbonyl (C=O) groups is 1. The van der Waals surface area contributed by atoms with Crippen molar-refractivity contribution in [3.8, 4) is 5.75 Å². The minimum Gasteiger partial charge on any atom is -0.494 e. The van der Waals surface area contributed by atoms with Crippen LogP contribution < -0.4 is 10.3 Å². The van der Waals surface area contributed by atoms with E-state index >= 15 is 0 Å². The van der Waals surface area contributed by atoms with E-state index in [1.54, 1.807) is 18.2 Å². The SMILES string of the molecule is COc1ccc(CC(=O)OCc2nc3ccc(Cl)cc3c(=O)[nH]2)cc1F. The fraction of sp³-hybridized carbons (Fsp3) is 0.167. The van der Waals surface area contributed by atoms with Crippen LogP contribution in [0.4, 0.5) is 4.39 Å². The molecule has 26 heavy (non-hydrogen) atoms. The van der Waals surface area contributed by atoms with Gasteiger partial charge in [0.25, 0.3) is 5.56 Å². The molecule has 6 nitrogen and oxygen atoms in total. The van der Waals surface area contributed by atoms with Crippen molar-refractivity contribution in [3.63, 3.8) is 0 Å². The molecule has 0 aliphatic rings. The first-order valence-electron chi connectivity index (χ1n) is 7.63. The number of hydrogen-bond acceptors (Lipinski definition) is 5. The number of nitrogens with one attached hydrogen (secondary N) is 1. The normalized spacial score (nSPS) is 10.7. The molecule has 0 aliphatic heterocycles. The van der Waals surface area contributed by atoms with Gasteiger partial charge in [-0.3, -0.25) is 9.59 Å². The van der Waals surface area contributed by atoms with Crippen LogP contribution in [0.1, 0.15) is 11.4 Å². The van der Waals surface area contributed by atoms with Crippen LogP contribution >= 0.6 is 11.6 Å². The van der Waals surface area contributed by atoms with Gasteiger partial charge < -0.3 is 14.5 Å². The van der Waals surface area contributed by atoms with Crippen LogP contribution in [0.2, 0.25) is 5.02 Å². The first-order valence-corrected chi connectivity index (χ1v) is 8.00. The highest BCUT2D eigenvalue weighted by Crippen LogP contribution is 2.18. The van der Waals surface area contributed by atoms with Crippen LogP contribution in [0.5, 0.6) is 5.75 Å². The maximum atomic E-state index is 13.6. The lowest BCUT2D eigenvalue weighted by atomic mass is 10.1. The summed E-state index contributed by atoms with van der Waals surface area (Å²) in [6.07, 6.45) is -0.117. The number of carbonyl (C=O) groups excluding carboxylic acids is 1. The number of esters is 1. The van der Waals surface area contributed by atoms with E-state index in [2.05, 4.69) is 9.97 Å². The van der Waals surface area contributed by atoms with Gasteiger partial charge in [0, 0.05) is 5.02 Å². The summed E-state index contributed by atoms with van der Waals surface area (Å²) >= 11 is 5.86. The predicted octanol–water partition coefficient (Wildman–Crippen LogP) is 3.01. The summed E-state index contributed by atoms with van der Waals surface area (Å²) in [5.41, 5.74) is 0.519. The maximum Gasteiger partial charge on any atom is 0.310 e. The van der Waals surface area contributed by atoms with Gasteiger partial charge in [-0.15, -0.1) is 0 Å². The molecule has 8 heteroatoms. The molecule has 2 aromatic carbocycles. The van der Waals surface area contributed by atoms with Crippen molar-refractivity contribution in [1.29, 1.82) is 0 Å². The van der Waals surface area contributed by atoms with Crippen molar-refractivity contribution in [2.24, 2.45) is 0 Å². The van der Waals surface area contributed by atoms with Crippen molar-refractivity contribution < 1.29 is 18.7 Å². The Bertz CT molecular complexity index is 1040. The van der Waals surface area contributed by atoms with Gasteiger partial charge in [-0.05, 0) is 35.9 Å². The zero-order chi connectivity index (χ0) is 18.7. The van der Waals surface area contributed by atoms with Gasteiger partial charge in [-0.25, -0.2) is 9.37 Å². The van der Waals surface area contributed by atoms with Gasteiger partial charge in [0.05, 0.1) is 24.4 Å². The fourth-order valence-corrected chi connectivity index (χ4v) is 2.59. The number of nitrogens with zero attached hydrogens (tertiary/aromatic N) is 1. The molecule has 0 saturated carbocycles. The number of aromatic amines is 1. The molecule has 134 valence electrons. The number of methoxy groups -OCH3 is 1. The quantitative estimate of drug-likeness (QED) is 0.692. The summed E-state index contributed by atoms with van der Waals surface area (Å²) in [4.78, 5) is 30.7. The van der Waals surface area contributed by atoms with E-state index in [9.17, 15) is 14.0 Å². The van der Waals surface area contributed by atoms with E-state index in [1.807, 2.05) is 0 Å². The van der Waals surface area contributed by atoms with E-state index in [4.69, 9.17) is 21.1 Å². The van der Waals surface area contributed by atoms with E-state index in [0.29, 0.717) is 21.5 Å². The summed E-state index contributed by atoms with van der Waals surface area (Å²) in [6.45, 7) is -0.203. The molecule has 3 aromatic rings. The molecule has 0 bridgehead atoms. The Labute approximate surface area is 152 Å². The van der Waals surface area contributed by atoms with Gasteiger partial charge >= 0.3 is 5.97 Å². The monoisotopic (exact) mass is 376 g/mol. The zero-order valence-corrected chi connectivity index (χ0v) is 14.5. The number of halogens is 2. The summed E-state index contributed by atoms with van der Waals surface area (Å²) in [5.74, 6) is -0.829. The van der Waals surface area contributed by atoms with Gasteiger partial charge in [0.2, 0.25) is 0 Å². The molecule has 0 unspecified atom stereocenters. The number of benzene rings is 2. The molecule has 0 atom stereocenters. The van der Waals surface area contributed by atoms with Crippen LogP contribution in [-0.2, 0) is 22.6 Å². The number of rotatable bonds is 5. The largest absolute Gasteiger partial charge is 0.494 e. The Hall–Kier alpha value is -2.93. The topological polar surface area (TPSA) is 81.3 Å². The smallest absolute Gasteiger partial charge is 0.310 e. The second kappa shape index (κ2) is 7.53. The van der Waals surface area contributed by atoms with Crippen LogP contribution in [0.25, 0.3) is 10.9 Å². The van der Waals surface area contributed by atoms with E-state index in [1.165, 1.54) is 25.3 Å². The van der Waals surface area contributed by atoms with Gasteiger partial charge in [0.15, 0.2) is 11.6 Å². The Morgan fingerprint density at radius 1 is 1.27 bits per heavy atom. The van der Waals surface area contributed by atoms with Crippen molar-refractivity contribution in [1.82, 2.24) is 9.97 Å². The molecular formula is C18H14ClFN2O4. The highest BCUT2D eigenvalue weighted by Gasteiger charge is 2.11. The lowest BCUT2D eigenvalue weighted by molar-refractivity contribution is -0.144. The summed E-state index contributed by atoms with van der Waals surface area (Å²) < 4.78 is 23.6. The second-order valence-corrected chi connectivity index (χ2v) is 5.92. The van der Waals surface area contributed by atoms with E-state index in [-0.39, 0.29) is 30.2 Å². The van der Waals surface area contributed by atoms with Crippen LogP contribution in [0.3, 0.4) is 0 Å². The lowest BCUT2D eigenvalue weighted by Gasteiger charge is -2.07. The molecule has 0 spiro atoms. The molecule has 3 rings (SSSR count). The highest BCUT2D eigenvalue weighted by atomic mass is 35.5. The van der Waals surface area contributed by atoms with Crippen molar-refractivity contribution in [3.05, 3.63) is 69.0 Å². The lowest BCUT2D eigenvalue weighted by Crippen LogP contribution is -2.15. The first-order chi connectivity index (χ1) is 12.5. The molecule has 1 aromatic heterocycles. The molecular weight excluding hydrogens is 363 g/mol. The summed E-state index contributed by atoms with van der Waals surface area (Å²) in [7, 11) is 1.36. The van der Waals surface area contributed by atoms with E-state index < -0.39 is 11.8 Å². The Kier molecular flexibility index (Phi) is 5.18. The zero-order valence-electron chi connectivity index (χ0n) is 13.7. The molecule has 1 N–H and O–H groups in total. The van der Waals surface area contributed by atoms with Crippen LogP contribution in [0.15, 0.2) is 41.2 Å². The average molecular weight is 377 g/mol. The number of fused-ring (bicyclic) bond motifs is 1. The molecule has 0 amide bonds. The first kappa shape index (κ1) is 17.9. The number of ether oxygens (including phenoxy) is 2. The Balaban J connectivity index is 1.68. The van der Waals surface area contributed by atoms with Crippen molar-refractivity contribution >= 4 is 28.5 Å².